The number of ketones is 1. The number of carbonyl (C=O) groups excluding carboxylic acids is 5. The van der Waals surface area contributed by atoms with Gasteiger partial charge in [-0.2, -0.15) is 0 Å². The number of esters is 4. The summed E-state index contributed by atoms with van der Waals surface area (Å²) in [6.07, 6.45) is -3.27. The van der Waals surface area contributed by atoms with Crippen molar-refractivity contribution in [3.05, 3.63) is 0 Å². The molecule has 0 bridgehead atoms. The van der Waals surface area contributed by atoms with Crippen LogP contribution in [0.2, 0.25) is 0 Å². The fraction of sp³-hybridized carbons (Fsp3) is 0.872. The Hall–Kier alpha value is -0.465. The number of halogens is 4. The minimum absolute atomic E-state index is 0. The minimum Gasteiger partial charge on any atom is -1.00 e. The van der Waals surface area contributed by atoms with E-state index in [1.54, 1.807) is 48.5 Å². The first-order valence-electron chi connectivity index (χ1n) is 18.9. The zero-order chi connectivity index (χ0) is 46.1. The van der Waals surface area contributed by atoms with E-state index in [2.05, 4.69) is 4.74 Å². The molecule has 15 nitrogen and oxygen atoms in total. The Morgan fingerprint density at radius 1 is 0.650 bits per heavy atom. The number of rotatable bonds is 17. The molecule has 0 aromatic rings. The van der Waals surface area contributed by atoms with Crippen molar-refractivity contribution in [2.75, 3.05) is 30.1 Å². The third kappa shape index (κ3) is 45.6. The van der Waals surface area contributed by atoms with Crippen LogP contribution in [-0.2, 0) is 52.4 Å². The second kappa shape index (κ2) is 34.9. The maximum absolute atomic E-state index is 11.8. The van der Waals surface area contributed by atoms with Gasteiger partial charge in [0.1, 0.15) is 29.0 Å². The van der Waals surface area contributed by atoms with Gasteiger partial charge < -0.3 is 50.3 Å². The molecule has 0 aliphatic carbocycles. The van der Waals surface area contributed by atoms with E-state index in [-0.39, 0.29) is 120 Å². The second-order valence-electron chi connectivity index (χ2n) is 16.7. The Kier molecular flexibility index (Phi) is 39.9. The minimum atomic E-state index is -0.909. The SMILES string of the molecule is CC(C)(C)OC(=O)CC(=O)C[C@H](O)CCl.CC(C)(C)OC(=O)C[C@H](O)C[C@H](O)CCl.CC(C)(C)OC(=O)C[C@H]1C[C@@H](CCl)OC(C)(C)O1.CCOC(=O)C[C@H](O)CCl.[B].[H-].[Na+]. The fourth-order valence-electron chi connectivity index (χ4n) is 4.44. The van der Waals surface area contributed by atoms with E-state index in [4.69, 9.17) is 85.4 Å². The first-order chi connectivity index (χ1) is 26.3. The monoisotopic (exact) mass is 953 g/mol. The summed E-state index contributed by atoms with van der Waals surface area (Å²) in [6, 6.07) is 0. The Morgan fingerprint density at radius 3 is 1.47 bits per heavy atom. The molecule has 4 N–H and O–H groups in total. The molecular weight excluding hydrogens is 884 g/mol. The molecule has 1 heterocycles. The molecule has 0 spiro atoms. The number of carbonyl (C=O) groups is 5. The molecule has 0 saturated carbocycles. The van der Waals surface area contributed by atoms with Gasteiger partial charge in [-0.25, -0.2) is 0 Å². The molecule has 349 valence electrons. The summed E-state index contributed by atoms with van der Waals surface area (Å²) in [4.78, 5) is 55.9. The van der Waals surface area contributed by atoms with Gasteiger partial charge in [-0.15, -0.1) is 46.4 Å². The van der Waals surface area contributed by atoms with E-state index in [9.17, 15) is 29.1 Å². The molecule has 6 atom stereocenters. The summed E-state index contributed by atoms with van der Waals surface area (Å²) in [6.45, 7) is 21.7. The van der Waals surface area contributed by atoms with Gasteiger partial charge in [0, 0.05) is 51.2 Å². The van der Waals surface area contributed by atoms with Crippen LogP contribution in [0.25, 0.3) is 0 Å². The van der Waals surface area contributed by atoms with Crippen molar-refractivity contribution >= 4 is 84.5 Å². The number of ether oxygens (including phenoxy) is 6. The quantitative estimate of drug-likeness (QED) is 0.0541. The van der Waals surface area contributed by atoms with Gasteiger partial charge in [0.2, 0.25) is 0 Å². The molecule has 0 aromatic heterocycles. The van der Waals surface area contributed by atoms with Crippen LogP contribution in [0.5, 0.6) is 0 Å². The van der Waals surface area contributed by atoms with Crippen LogP contribution in [0, 0.1) is 0 Å². The zero-order valence-electron chi connectivity index (χ0n) is 38.8. The van der Waals surface area contributed by atoms with Gasteiger partial charge >= 0.3 is 53.4 Å². The molecule has 1 fully saturated rings. The summed E-state index contributed by atoms with van der Waals surface area (Å²) in [5.41, 5.74) is -1.62. The van der Waals surface area contributed by atoms with Gasteiger partial charge in [-0.3, -0.25) is 24.0 Å². The molecule has 1 aliphatic heterocycles. The number of aliphatic hydroxyl groups is 4. The number of alkyl halides is 4. The first kappa shape index (κ1) is 68.6. The van der Waals surface area contributed by atoms with Crippen LogP contribution in [0.4, 0.5) is 0 Å². The molecule has 60 heavy (non-hydrogen) atoms. The van der Waals surface area contributed by atoms with Crippen LogP contribution in [0.3, 0.4) is 0 Å². The van der Waals surface area contributed by atoms with Crippen LogP contribution >= 0.6 is 46.4 Å². The van der Waals surface area contributed by atoms with E-state index in [1.807, 2.05) is 34.6 Å². The summed E-state index contributed by atoms with van der Waals surface area (Å²) in [5.74, 6) is -2.27. The van der Waals surface area contributed by atoms with Crippen LogP contribution in [0.1, 0.15) is 129 Å². The van der Waals surface area contributed by atoms with E-state index in [0.29, 0.717) is 18.9 Å². The van der Waals surface area contributed by atoms with Crippen LogP contribution < -0.4 is 29.6 Å². The average molecular weight is 956 g/mol. The standard InChI is InChI=1S/C13H23ClO4.C10H19ClO4.C10H17ClO4.C6H11ClO3.B.Na.H/c1-12(2,3)18-11(15)7-9-6-10(8-14)17-13(4,5)16-9;2*1-10(2,3)15-9(14)5-7(12)4-8(13)6-11;1-2-10-6(9)3-5(8)4-7;;;/h9-10H,6-8H2,1-5H3;7-8,12-13H,4-6H2,1-3H3;8,13H,4-6H2,1-3H3;5,8H,2-4H2,1H3;;;/q;;;;;+1;-1/t9-,10+;7-,8+;8-;5-;;;/m1100.../s1. The van der Waals surface area contributed by atoms with Crippen molar-refractivity contribution < 1.29 is 104 Å². The van der Waals surface area contributed by atoms with Crippen molar-refractivity contribution in [1.82, 2.24) is 0 Å². The van der Waals surface area contributed by atoms with Gasteiger partial charge in [0.15, 0.2) is 5.79 Å². The topological polar surface area (TPSA) is 222 Å². The predicted octanol–water partition coefficient (Wildman–Crippen LogP) is 2.49. The molecule has 1 saturated heterocycles. The molecular formula is C39H71BCl4NaO15. The summed E-state index contributed by atoms with van der Waals surface area (Å²) in [5, 5.41) is 36.4. The van der Waals surface area contributed by atoms with E-state index < -0.39 is 64.9 Å². The fourth-order valence-corrected chi connectivity index (χ4v) is 4.97. The maximum atomic E-state index is 11.8. The maximum Gasteiger partial charge on any atom is 1.00 e. The third-order valence-corrected chi connectivity index (χ3v) is 7.66. The molecule has 0 unspecified atom stereocenters. The smallest absolute Gasteiger partial charge is 1.00 e. The molecule has 21 heteroatoms. The Labute approximate surface area is 403 Å². The van der Waals surface area contributed by atoms with Crippen molar-refractivity contribution in [3.8, 4) is 0 Å². The Bertz CT molecular complexity index is 1210. The number of hydrogen-bond donors (Lipinski definition) is 4. The van der Waals surface area contributed by atoms with Crippen LogP contribution in [-0.4, -0.2) is 148 Å². The van der Waals surface area contributed by atoms with E-state index in [1.165, 1.54) is 0 Å². The molecule has 1 aliphatic rings. The normalized spacial score (nSPS) is 17.8. The molecule has 0 amide bonds. The predicted molar refractivity (Wildman–Crippen MR) is 229 cm³/mol. The van der Waals surface area contributed by atoms with E-state index >= 15 is 0 Å². The van der Waals surface area contributed by atoms with Gasteiger partial charge in [0.05, 0.1) is 62.5 Å². The largest absolute Gasteiger partial charge is 1.00 e. The third-order valence-electron chi connectivity index (χ3n) is 6.25. The molecule has 0 aromatic carbocycles. The van der Waals surface area contributed by atoms with Gasteiger partial charge in [0.25, 0.3) is 0 Å². The summed E-state index contributed by atoms with van der Waals surface area (Å²) in [7, 11) is 0. The Morgan fingerprint density at radius 2 is 1.05 bits per heavy atom. The zero-order valence-corrected chi connectivity index (χ0v) is 42.8. The first-order valence-corrected chi connectivity index (χ1v) is 21.1. The number of aliphatic hydroxyl groups excluding tert-OH is 4. The Balaban J connectivity index is -0.000000166. The van der Waals surface area contributed by atoms with Crippen molar-refractivity contribution in [3.63, 3.8) is 0 Å². The van der Waals surface area contributed by atoms with Crippen molar-refractivity contribution in [1.29, 1.82) is 0 Å². The number of hydrogen-bond acceptors (Lipinski definition) is 15. The van der Waals surface area contributed by atoms with E-state index in [0.717, 1.165) is 0 Å². The molecule has 3 radical (unpaired) electrons. The van der Waals surface area contributed by atoms with Crippen LogP contribution in [0.15, 0.2) is 0 Å². The summed E-state index contributed by atoms with van der Waals surface area (Å²) < 4.78 is 31.1. The van der Waals surface area contributed by atoms with Crippen molar-refractivity contribution in [2.24, 2.45) is 0 Å². The van der Waals surface area contributed by atoms with Crippen molar-refractivity contribution in [2.45, 2.75) is 187 Å². The molecule has 1 rings (SSSR count). The average Bonchev–Trinajstić information content (AvgIpc) is 3.01. The van der Waals surface area contributed by atoms with Gasteiger partial charge in [-0.1, -0.05) is 0 Å². The van der Waals surface area contributed by atoms with Gasteiger partial charge in [-0.05, 0) is 83.1 Å². The number of Topliss-reactive ketones (excluding diaryl/α,β-unsaturated/α-hetero) is 1. The summed E-state index contributed by atoms with van der Waals surface area (Å²) >= 11 is 21.7. The second-order valence-corrected chi connectivity index (χ2v) is 17.9.